The highest BCUT2D eigenvalue weighted by Crippen LogP contribution is 2.29. The van der Waals surface area contributed by atoms with E-state index in [1.165, 1.54) is 22.6 Å². The molecule has 1 saturated heterocycles. The van der Waals surface area contributed by atoms with E-state index in [0.29, 0.717) is 5.92 Å². The number of nitrogens with zero attached hydrogens (tertiary/aromatic N) is 2. The summed E-state index contributed by atoms with van der Waals surface area (Å²) in [5.74, 6) is 0.568. The summed E-state index contributed by atoms with van der Waals surface area (Å²) in [6, 6.07) is 2.00. The maximum absolute atomic E-state index is 12.4. The van der Waals surface area contributed by atoms with Crippen molar-refractivity contribution in [3.8, 4) is 0 Å². The van der Waals surface area contributed by atoms with E-state index in [2.05, 4.69) is 17.1 Å². The topological polar surface area (TPSA) is 49.0 Å². The van der Waals surface area contributed by atoms with Crippen molar-refractivity contribution in [1.29, 1.82) is 0 Å². The number of H-pyrrole nitrogens is 1. The molecule has 19 heavy (non-hydrogen) atoms. The van der Waals surface area contributed by atoms with Crippen LogP contribution in [0.3, 0.4) is 0 Å². The van der Waals surface area contributed by atoms with Crippen molar-refractivity contribution in [1.82, 2.24) is 15.1 Å². The van der Waals surface area contributed by atoms with E-state index in [1.807, 2.05) is 29.5 Å². The third-order valence-corrected chi connectivity index (χ3v) is 4.81. The number of amides is 1. The number of carbonyl (C=O) groups is 1. The average Bonchev–Trinajstić information content (AvgIpc) is 3.08. The highest BCUT2D eigenvalue weighted by Gasteiger charge is 2.30. The average molecular weight is 275 g/mol. The van der Waals surface area contributed by atoms with Gasteiger partial charge in [-0.3, -0.25) is 9.89 Å². The maximum Gasteiger partial charge on any atom is 0.264 e. The van der Waals surface area contributed by atoms with Gasteiger partial charge in [0.1, 0.15) is 0 Å². The minimum Gasteiger partial charge on any atom is -0.337 e. The van der Waals surface area contributed by atoms with Gasteiger partial charge in [-0.05, 0) is 42.8 Å². The Morgan fingerprint density at radius 3 is 2.95 bits per heavy atom. The van der Waals surface area contributed by atoms with Crippen LogP contribution in [0.2, 0.25) is 0 Å². The second kappa shape index (κ2) is 4.81. The minimum absolute atomic E-state index is 0.173. The number of thiophene rings is 1. The van der Waals surface area contributed by atoms with Crippen molar-refractivity contribution in [2.24, 2.45) is 0 Å². The molecule has 0 saturated carbocycles. The van der Waals surface area contributed by atoms with Crippen LogP contribution in [0.25, 0.3) is 0 Å². The standard InChI is InChI=1S/C14H17N3OS/c1-9-4-6-19-13(9)14(18)17-5-3-11(8-17)12-10(2)7-15-16-12/h4,6-7,11H,3,5,8H2,1-2H3,(H,15,16)/t11-/m0/s1. The Morgan fingerprint density at radius 1 is 1.47 bits per heavy atom. The van der Waals surface area contributed by atoms with Crippen molar-refractivity contribution in [3.05, 3.63) is 39.3 Å². The summed E-state index contributed by atoms with van der Waals surface area (Å²) in [4.78, 5) is 15.3. The molecule has 3 rings (SSSR count). The van der Waals surface area contributed by atoms with Gasteiger partial charge in [0.2, 0.25) is 0 Å². The summed E-state index contributed by atoms with van der Waals surface area (Å²) in [5.41, 5.74) is 3.45. The number of aromatic amines is 1. The zero-order valence-corrected chi connectivity index (χ0v) is 12.0. The number of aryl methyl sites for hydroxylation is 2. The molecule has 100 valence electrons. The smallest absolute Gasteiger partial charge is 0.264 e. The Morgan fingerprint density at radius 2 is 2.32 bits per heavy atom. The molecule has 2 aromatic rings. The molecule has 0 bridgehead atoms. The molecule has 1 fully saturated rings. The fraction of sp³-hybridized carbons (Fsp3) is 0.429. The first-order valence-electron chi connectivity index (χ1n) is 6.50. The van der Waals surface area contributed by atoms with Crippen molar-refractivity contribution in [2.45, 2.75) is 26.2 Å². The molecule has 1 aliphatic heterocycles. The van der Waals surface area contributed by atoms with Crippen molar-refractivity contribution >= 4 is 17.2 Å². The number of rotatable bonds is 2. The normalized spacial score (nSPS) is 19.1. The van der Waals surface area contributed by atoms with Crippen LogP contribution in [-0.4, -0.2) is 34.1 Å². The Bertz CT molecular complexity index is 601. The largest absolute Gasteiger partial charge is 0.337 e. The van der Waals surface area contributed by atoms with Crippen LogP contribution in [-0.2, 0) is 0 Å². The summed E-state index contributed by atoms with van der Waals surface area (Å²) in [7, 11) is 0. The van der Waals surface area contributed by atoms with E-state index in [0.717, 1.165) is 30.0 Å². The van der Waals surface area contributed by atoms with Crippen LogP contribution in [0.5, 0.6) is 0 Å². The highest BCUT2D eigenvalue weighted by atomic mass is 32.1. The quantitative estimate of drug-likeness (QED) is 0.916. The van der Waals surface area contributed by atoms with Crippen molar-refractivity contribution in [2.75, 3.05) is 13.1 Å². The lowest BCUT2D eigenvalue weighted by atomic mass is 10.0. The second-order valence-electron chi connectivity index (χ2n) is 5.14. The number of hydrogen-bond donors (Lipinski definition) is 1. The lowest BCUT2D eigenvalue weighted by Crippen LogP contribution is -2.28. The van der Waals surface area contributed by atoms with Gasteiger partial charge in [-0.15, -0.1) is 11.3 Å². The summed E-state index contributed by atoms with van der Waals surface area (Å²) < 4.78 is 0. The van der Waals surface area contributed by atoms with E-state index in [-0.39, 0.29) is 5.91 Å². The molecule has 1 atom stereocenters. The van der Waals surface area contributed by atoms with Gasteiger partial charge in [0, 0.05) is 24.7 Å². The molecule has 0 unspecified atom stereocenters. The number of nitrogens with one attached hydrogen (secondary N) is 1. The van der Waals surface area contributed by atoms with E-state index >= 15 is 0 Å². The molecule has 2 aromatic heterocycles. The van der Waals surface area contributed by atoms with E-state index in [4.69, 9.17) is 0 Å². The van der Waals surface area contributed by atoms with E-state index in [9.17, 15) is 4.79 Å². The first kappa shape index (κ1) is 12.4. The fourth-order valence-corrected chi connectivity index (χ4v) is 3.58. The van der Waals surface area contributed by atoms with Crippen LogP contribution >= 0.6 is 11.3 Å². The van der Waals surface area contributed by atoms with Gasteiger partial charge >= 0.3 is 0 Å². The lowest BCUT2D eigenvalue weighted by Gasteiger charge is -2.16. The molecule has 0 aromatic carbocycles. The monoisotopic (exact) mass is 275 g/mol. The molecule has 0 aliphatic carbocycles. The molecule has 1 amide bonds. The molecule has 0 radical (unpaired) electrons. The maximum atomic E-state index is 12.4. The third-order valence-electron chi connectivity index (χ3n) is 3.81. The van der Waals surface area contributed by atoms with Gasteiger partial charge in [-0.2, -0.15) is 5.10 Å². The van der Waals surface area contributed by atoms with Crippen LogP contribution in [0.1, 0.15) is 38.8 Å². The van der Waals surface area contributed by atoms with Gasteiger partial charge in [-0.25, -0.2) is 0 Å². The molecule has 0 spiro atoms. The number of carbonyl (C=O) groups excluding carboxylic acids is 1. The lowest BCUT2D eigenvalue weighted by molar-refractivity contribution is 0.0795. The molecule has 3 heterocycles. The van der Waals surface area contributed by atoms with Crippen LogP contribution in [0.15, 0.2) is 17.6 Å². The van der Waals surface area contributed by atoms with Gasteiger partial charge in [0.05, 0.1) is 11.1 Å². The summed E-state index contributed by atoms with van der Waals surface area (Å²) >= 11 is 1.53. The predicted octanol–water partition coefficient (Wildman–Crippen LogP) is 2.72. The van der Waals surface area contributed by atoms with Crippen LogP contribution < -0.4 is 0 Å². The highest BCUT2D eigenvalue weighted by molar-refractivity contribution is 7.12. The number of likely N-dealkylation sites (tertiary alicyclic amines) is 1. The first-order chi connectivity index (χ1) is 9.16. The Balaban J connectivity index is 1.75. The van der Waals surface area contributed by atoms with Gasteiger partial charge in [0.15, 0.2) is 0 Å². The van der Waals surface area contributed by atoms with Crippen LogP contribution in [0, 0.1) is 13.8 Å². The molecule has 1 N–H and O–H groups in total. The summed E-state index contributed by atoms with van der Waals surface area (Å²) in [6.07, 6.45) is 2.86. The molecule has 4 nitrogen and oxygen atoms in total. The van der Waals surface area contributed by atoms with E-state index < -0.39 is 0 Å². The van der Waals surface area contributed by atoms with Gasteiger partial charge < -0.3 is 4.90 Å². The number of aromatic nitrogens is 2. The van der Waals surface area contributed by atoms with Crippen molar-refractivity contribution < 1.29 is 4.79 Å². The molecule has 5 heteroatoms. The fourth-order valence-electron chi connectivity index (χ4n) is 2.69. The summed E-state index contributed by atoms with van der Waals surface area (Å²) in [6.45, 7) is 5.68. The van der Waals surface area contributed by atoms with E-state index in [1.54, 1.807) is 0 Å². The summed E-state index contributed by atoms with van der Waals surface area (Å²) in [5, 5.41) is 9.12. The molecular formula is C14H17N3OS. The third kappa shape index (κ3) is 2.18. The SMILES string of the molecule is Cc1cn[nH]c1[C@H]1CCN(C(=O)c2sccc2C)C1. The zero-order chi connectivity index (χ0) is 13.4. The zero-order valence-electron chi connectivity index (χ0n) is 11.1. The number of hydrogen-bond acceptors (Lipinski definition) is 3. The van der Waals surface area contributed by atoms with Gasteiger partial charge in [-0.1, -0.05) is 0 Å². The second-order valence-corrected chi connectivity index (χ2v) is 6.05. The van der Waals surface area contributed by atoms with Gasteiger partial charge in [0.25, 0.3) is 5.91 Å². The van der Waals surface area contributed by atoms with Crippen LogP contribution in [0.4, 0.5) is 0 Å². The molecule has 1 aliphatic rings. The van der Waals surface area contributed by atoms with Crippen molar-refractivity contribution in [3.63, 3.8) is 0 Å². The minimum atomic E-state index is 0.173. The Labute approximate surface area is 116 Å². The molecular weight excluding hydrogens is 258 g/mol. The predicted molar refractivity (Wildman–Crippen MR) is 75.6 cm³/mol. The Hall–Kier alpha value is -1.62. The first-order valence-corrected chi connectivity index (χ1v) is 7.38. The Kier molecular flexibility index (Phi) is 3.14.